The van der Waals surface area contributed by atoms with Gasteiger partial charge in [-0.2, -0.15) is 0 Å². The summed E-state index contributed by atoms with van der Waals surface area (Å²) in [6, 6.07) is 1.98. The van der Waals surface area contributed by atoms with Crippen LogP contribution in [0.4, 0.5) is 0 Å². The van der Waals surface area contributed by atoms with Gasteiger partial charge in [0.2, 0.25) is 5.91 Å². The number of hydrogen-bond donors (Lipinski definition) is 2. The maximum atomic E-state index is 10.4. The molecule has 14 heavy (non-hydrogen) atoms. The van der Waals surface area contributed by atoms with Crippen molar-refractivity contribution in [3.8, 4) is 0 Å². The van der Waals surface area contributed by atoms with Gasteiger partial charge >= 0.3 is 0 Å². The zero-order valence-corrected chi connectivity index (χ0v) is 9.25. The van der Waals surface area contributed by atoms with Crippen molar-refractivity contribution in [3.63, 3.8) is 0 Å². The molecule has 0 radical (unpaired) electrons. The summed E-state index contributed by atoms with van der Waals surface area (Å²) in [6.07, 6.45) is 3.87. The van der Waals surface area contributed by atoms with E-state index in [0.29, 0.717) is 19.5 Å². The van der Waals surface area contributed by atoms with Gasteiger partial charge < -0.3 is 11.1 Å². The lowest BCUT2D eigenvalue weighted by Crippen LogP contribution is -2.21. The predicted octanol–water partition coefficient (Wildman–Crippen LogP) is 0.809. The molecule has 0 bridgehead atoms. The van der Waals surface area contributed by atoms with Crippen molar-refractivity contribution in [1.29, 1.82) is 0 Å². The normalized spacial score (nSPS) is 10.1. The fourth-order valence-corrected chi connectivity index (χ4v) is 1.41. The lowest BCUT2D eigenvalue weighted by molar-refractivity contribution is -0.117. The van der Waals surface area contributed by atoms with Crippen molar-refractivity contribution >= 4 is 21.8 Å². The monoisotopic (exact) mass is 257 g/mol. The maximum Gasteiger partial charge on any atom is 0.218 e. The molecule has 0 saturated heterocycles. The van der Waals surface area contributed by atoms with Crippen LogP contribution >= 0.6 is 15.9 Å². The second-order valence-corrected chi connectivity index (χ2v) is 3.82. The van der Waals surface area contributed by atoms with Crippen molar-refractivity contribution in [2.24, 2.45) is 5.73 Å². The largest absolute Gasteiger partial charge is 0.370 e. The van der Waals surface area contributed by atoms with E-state index in [1.807, 2.05) is 6.07 Å². The summed E-state index contributed by atoms with van der Waals surface area (Å²) >= 11 is 3.33. The second kappa shape index (κ2) is 5.72. The van der Waals surface area contributed by atoms with Gasteiger partial charge in [0.1, 0.15) is 0 Å². The van der Waals surface area contributed by atoms with Crippen LogP contribution in [0.2, 0.25) is 0 Å². The minimum absolute atomic E-state index is 0.287. The van der Waals surface area contributed by atoms with Crippen LogP contribution in [0.1, 0.15) is 12.0 Å². The minimum Gasteiger partial charge on any atom is -0.370 e. The van der Waals surface area contributed by atoms with E-state index in [9.17, 15) is 4.79 Å². The third-order valence-corrected chi connectivity index (χ3v) is 2.07. The number of nitrogens with zero attached hydrogens (tertiary/aromatic N) is 1. The molecule has 1 rings (SSSR count). The maximum absolute atomic E-state index is 10.4. The van der Waals surface area contributed by atoms with Gasteiger partial charge in [0.05, 0.1) is 0 Å². The van der Waals surface area contributed by atoms with Crippen LogP contribution in [0.15, 0.2) is 22.9 Å². The predicted molar refractivity (Wildman–Crippen MR) is 57.5 cm³/mol. The molecule has 5 heteroatoms. The third kappa shape index (κ3) is 4.34. The molecule has 4 nitrogen and oxygen atoms in total. The highest BCUT2D eigenvalue weighted by atomic mass is 79.9. The first-order valence-electron chi connectivity index (χ1n) is 4.27. The molecule has 3 N–H and O–H groups in total. The van der Waals surface area contributed by atoms with Crippen LogP contribution in [-0.4, -0.2) is 17.4 Å². The number of primary amides is 1. The number of carbonyl (C=O) groups excluding carboxylic acids is 1. The van der Waals surface area contributed by atoms with Crippen molar-refractivity contribution in [2.75, 3.05) is 6.54 Å². The van der Waals surface area contributed by atoms with Gasteiger partial charge in [0.15, 0.2) is 0 Å². The summed E-state index contributed by atoms with van der Waals surface area (Å²) in [5.41, 5.74) is 6.07. The van der Waals surface area contributed by atoms with Crippen molar-refractivity contribution in [1.82, 2.24) is 10.3 Å². The molecule has 1 heterocycles. The first kappa shape index (κ1) is 11.1. The highest BCUT2D eigenvalue weighted by Gasteiger charge is 1.96. The van der Waals surface area contributed by atoms with Gasteiger partial charge in [-0.15, -0.1) is 0 Å². The molecule has 0 aliphatic rings. The standard InChI is InChI=1S/C9H12BrN3O/c10-8-3-7(5-13-6-8)4-12-2-1-9(11)14/h3,5-6,12H,1-2,4H2,(H2,11,14). The summed E-state index contributed by atoms with van der Waals surface area (Å²) in [5.74, 6) is -0.287. The molecule has 0 unspecified atom stereocenters. The summed E-state index contributed by atoms with van der Waals surface area (Å²) in [5, 5.41) is 3.10. The van der Waals surface area contributed by atoms with Crippen molar-refractivity contribution in [2.45, 2.75) is 13.0 Å². The van der Waals surface area contributed by atoms with Gasteiger partial charge in [-0.05, 0) is 27.6 Å². The molecule has 0 spiro atoms. The molecular weight excluding hydrogens is 246 g/mol. The molecule has 76 valence electrons. The number of rotatable bonds is 5. The van der Waals surface area contributed by atoms with Crippen LogP contribution in [0.5, 0.6) is 0 Å². The van der Waals surface area contributed by atoms with Gasteiger partial charge in [0, 0.05) is 36.4 Å². The Morgan fingerprint density at radius 2 is 2.36 bits per heavy atom. The quantitative estimate of drug-likeness (QED) is 0.768. The van der Waals surface area contributed by atoms with Crippen molar-refractivity contribution < 1.29 is 4.79 Å². The Morgan fingerprint density at radius 1 is 1.57 bits per heavy atom. The number of pyridine rings is 1. The number of amides is 1. The van der Waals surface area contributed by atoms with Gasteiger partial charge in [-0.3, -0.25) is 9.78 Å². The number of carbonyl (C=O) groups is 1. The van der Waals surface area contributed by atoms with E-state index in [2.05, 4.69) is 26.2 Å². The van der Waals surface area contributed by atoms with Gasteiger partial charge in [0.25, 0.3) is 0 Å². The zero-order valence-electron chi connectivity index (χ0n) is 7.66. The Hall–Kier alpha value is -0.940. The van der Waals surface area contributed by atoms with Crippen LogP contribution in [-0.2, 0) is 11.3 Å². The molecule has 0 fully saturated rings. The average molecular weight is 258 g/mol. The van der Waals surface area contributed by atoms with E-state index in [1.54, 1.807) is 12.4 Å². The molecule has 0 aliphatic carbocycles. The number of aromatic nitrogens is 1. The molecule has 1 aromatic heterocycles. The first-order chi connectivity index (χ1) is 6.68. The Kier molecular flexibility index (Phi) is 4.55. The van der Waals surface area contributed by atoms with Crippen LogP contribution in [0, 0.1) is 0 Å². The van der Waals surface area contributed by atoms with E-state index >= 15 is 0 Å². The number of nitrogens with one attached hydrogen (secondary N) is 1. The summed E-state index contributed by atoms with van der Waals surface area (Å²) in [6.45, 7) is 1.29. The Morgan fingerprint density at radius 3 is 3.00 bits per heavy atom. The lowest BCUT2D eigenvalue weighted by atomic mass is 10.3. The van der Waals surface area contributed by atoms with Crippen LogP contribution < -0.4 is 11.1 Å². The van der Waals surface area contributed by atoms with E-state index in [0.717, 1.165) is 10.0 Å². The van der Waals surface area contributed by atoms with E-state index in [-0.39, 0.29) is 5.91 Å². The van der Waals surface area contributed by atoms with E-state index < -0.39 is 0 Å². The number of nitrogens with two attached hydrogens (primary N) is 1. The molecular formula is C9H12BrN3O. The topological polar surface area (TPSA) is 68.0 Å². The third-order valence-electron chi connectivity index (χ3n) is 1.64. The van der Waals surface area contributed by atoms with E-state index in [1.165, 1.54) is 0 Å². The Bertz CT molecular complexity index is 317. The molecule has 0 aromatic carbocycles. The molecule has 1 aromatic rings. The molecule has 1 amide bonds. The van der Waals surface area contributed by atoms with E-state index in [4.69, 9.17) is 5.73 Å². The first-order valence-corrected chi connectivity index (χ1v) is 5.06. The highest BCUT2D eigenvalue weighted by molar-refractivity contribution is 9.10. The van der Waals surface area contributed by atoms with Gasteiger partial charge in [-0.1, -0.05) is 0 Å². The molecule has 0 aliphatic heterocycles. The lowest BCUT2D eigenvalue weighted by Gasteiger charge is -2.02. The minimum atomic E-state index is -0.287. The summed E-state index contributed by atoms with van der Waals surface area (Å²) in [7, 11) is 0. The fourth-order valence-electron chi connectivity index (χ4n) is 0.997. The SMILES string of the molecule is NC(=O)CCNCc1cncc(Br)c1. The second-order valence-electron chi connectivity index (χ2n) is 2.90. The van der Waals surface area contributed by atoms with Crippen LogP contribution in [0.25, 0.3) is 0 Å². The number of halogens is 1. The summed E-state index contributed by atoms with van der Waals surface area (Å²) < 4.78 is 0.951. The Balaban J connectivity index is 2.28. The highest BCUT2D eigenvalue weighted by Crippen LogP contribution is 2.08. The van der Waals surface area contributed by atoms with Crippen molar-refractivity contribution in [3.05, 3.63) is 28.5 Å². The zero-order chi connectivity index (χ0) is 10.4. The molecule has 0 saturated carbocycles. The number of hydrogen-bond acceptors (Lipinski definition) is 3. The van der Waals surface area contributed by atoms with Crippen LogP contribution in [0.3, 0.4) is 0 Å². The smallest absolute Gasteiger partial charge is 0.218 e. The molecule has 0 atom stereocenters. The summed E-state index contributed by atoms with van der Waals surface area (Å²) in [4.78, 5) is 14.4. The Labute approximate surface area is 91.0 Å². The average Bonchev–Trinajstić information content (AvgIpc) is 2.12. The van der Waals surface area contributed by atoms with Gasteiger partial charge in [-0.25, -0.2) is 0 Å². The fraction of sp³-hybridized carbons (Fsp3) is 0.333.